The SMILES string of the molecule is O=C(Nc1ccc(N2CCNC2=O)cc1)c1cc2c(F)cccc2[nH]1. The van der Waals surface area contributed by atoms with Gasteiger partial charge in [0.1, 0.15) is 11.5 Å². The number of fused-ring (bicyclic) bond motifs is 1. The average molecular weight is 338 g/mol. The third-order valence-corrected chi connectivity index (χ3v) is 4.15. The van der Waals surface area contributed by atoms with Gasteiger partial charge in [0.05, 0.1) is 0 Å². The molecule has 6 nitrogen and oxygen atoms in total. The molecule has 4 rings (SSSR count). The summed E-state index contributed by atoms with van der Waals surface area (Å²) in [6.07, 6.45) is 0. The number of hydrogen-bond donors (Lipinski definition) is 3. The number of hydrogen-bond acceptors (Lipinski definition) is 2. The van der Waals surface area contributed by atoms with Crippen molar-refractivity contribution < 1.29 is 14.0 Å². The van der Waals surface area contributed by atoms with Crippen LogP contribution in [-0.2, 0) is 0 Å². The van der Waals surface area contributed by atoms with E-state index < -0.39 is 0 Å². The van der Waals surface area contributed by atoms with Crippen molar-refractivity contribution in [2.24, 2.45) is 0 Å². The van der Waals surface area contributed by atoms with Crippen molar-refractivity contribution in [2.75, 3.05) is 23.3 Å². The normalized spacial score (nSPS) is 14.0. The molecule has 2 heterocycles. The van der Waals surface area contributed by atoms with E-state index in [-0.39, 0.29) is 23.4 Å². The summed E-state index contributed by atoms with van der Waals surface area (Å²) < 4.78 is 13.7. The summed E-state index contributed by atoms with van der Waals surface area (Å²) >= 11 is 0. The fourth-order valence-electron chi connectivity index (χ4n) is 2.88. The Labute approximate surface area is 142 Å². The molecule has 126 valence electrons. The van der Waals surface area contributed by atoms with E-state index in [2.05, 4.69) is 15.6 Å². The molecule has 1 fully saturated rings. The van der Waals surface area contributed by atoms with E-state index in [9.17, 15) is 14.0 Å². The van der Waals surface area contributed by atoms with E-state index in [1.807, 2.05) is 0 Å². The van der Waals surface area contributed by atoms with Gasteiger partial charge in [0.15, 0.2) is 0 Å². The Bertz CT molecular complexity index is 965. The average Bonchev–Trinajstić information content (AvgIpc) is 3.23. The zero-order valence-electron chi connectivity index (χ0n) is 13.2. The van der Waals surface area contributed by atoms with E-state index in [1.54, 1.807) is 41.3 Å². The number of amides is 3. The molecule has 25 heavy (non-hydrogen) atoms. The summed E-state index contributed by atoms with van der Waals surface area (Å²) in [5.74, 6) is -0.733. The first-order valence-electron chi connectivity index (χ1n) is 7.86. The van der Waals surface area contributed by atoms with Gasteiger partial charge in [0, 0.05) is 35.4 Å². The standard InChI is InChI=1S/C18H15FN4O2/c19-14-2-1-3-15-13(14)10-16(22-15)17(24)21-11-4-6-12(7-5-11)23-9-8-20-18(23)25/h1-7,10,22H,8-9H2,(H,20,25)(H,21,24). The highest BCUT2D eigenvalue weighted by Gasteiger charge is 2.21. The van der Waals surface area contributed by atoms with Crippen molar-refractivity contribution in [2.45, 2.75) is 0 Å². The zero-order valence-corrected chi connectivity index (χ0v) is 13.2. The van der Waals surface area contributed by atoms with Crippen LogP contribution in [0, 0.1) is 5.82 Å². The first-order chi connectivity index (χ1) is 12.1. The molecule has 1 saturated heterocycles. The van der Waals surface area contributed by atoms with E-state index in [4.69, 9.17) is 0 Å². The van der Waals surface area contributed by atoms with Crippen LogP contribution >= 0.6 is 0 Å². The molecule has 0 unspecified atom stereocenters. The minimum Gasteiger partial charge on any atom is -0.350 e. The number of aromatic amines is 1. The van der Waals surface area contributed by atoms with Gasteiger partial charge in [0.25, 0.3) is 5.91 Å². The molecular formula is C18H15FN4O2. The number of nitrogens with one attached hydrogen (secondary N) is 3. The highest BCUT2D eigenvalue weighted by molar-refractivity contribution is 6.06. The van der Waals surface area contributed by atoms with Gasteiger partial charge in [-0.25, -0.2) is 9.18 Å². The van der Waals surface area contributed by atoms with E-state index in [0.29, 0.717) is 29.7 Å². The number of rotatable bonds is 3. The molecule has 3 N–H and O–H groups in total. The van der Waals surface area contributed by atoms with Crippen LogP contribution < -0.4 is 15.5 Å². The number of benzene rings is 2. The number of anilines is 2. The fourth-order valence-corrected chi connectivity index (χ4v) is 2.88. The smallest absolute Gasteiger partial charge is 0.321 e. The Morgan fingerprint density at radius 2 is 1.96 bits per heavy atom. The van der Waals surface area contributed by atoms with Gasteiger partial charge in [-0.2, -0.15) is 0 Å². The highest BCUT2D eigenvalue weighted by Crippen LogP contribution is 2.22. The topological polar surface area (TPSA) is 77.2 Å². The van der Waals surface area contributed by atoms with E-state index >= 15 is 0 Å². The lowest BCUT2D eigenvalue weighted by Gasteiger charge is -2.14. The molecule has 1 aromatic heterocycles. The predicted molar refractivity (Wildman–Crippen MR) is 93.4 cm³/mol. The third kappa shape index (κ3) is 2.80. The van der Waals surface area contributed by atoms with Crippen LogP contribution in [0.4, 0.5) is 20.6 Å². The van der Waals surface area contributed by atoms with Gasteiger partial charge in [-0.1, -0.05) is 6.07 Å². The first-order valence-corrected chi connectivity index (χ1v) is 7.86. The maximum atomic E-state index is 13.7. The molecule has 3 amide bonds. The monoisotopic (exact) mass is 338 g/mol. The first kappa shape index (κ1) is 15.2. The summed E-state index contributed by atoms with van der Waals surface area (Å²) in [4.78, 5) is 28.5. The maximum Gasteiger partial charge on any atom is 0.321 e. The van der Waals surface area contributed by atoms with Gasteiger partial charge < -0.3 is 15.6 Å². The molecule has 7 heteroatoms. The summed E-state index contributed by atoms with van der Waals surface area (Å²) in [6, 6.07) is 13.0. The predicted octanol–water partition coefficient (Wildman–Crippen LogP) is 3.09. The molecule has 0 spiro atoms. The van der Waals surface area contributed by atoms with Crippen molar-refractivity contribution in [1.29, 1.82) is 0 Å². The Morgan fingerprint density at radius 3 is 2.64 bits per heavy atom. The van der Waals surface area contributed by atoms with E-state index in [1.165, 1.54) is 12.1 Å². The second-order valence-electron chi connectivity index (χ2n) is 5.77. The Hall–Kier alpha value is -3.35. The molecule has 0 radical (unpaired) electrons. The number of carbonyl (C=O) groups is 2. The van der Waals surface area contributed by atoms with Crippen LogP contribution in [0.2, 0.25) is 0 Å². The van der Waals surface area contributed by atoms with Crippen LogP contribution in [0.1, 0.15) is 10.5 Å². The fraction of sp³-hybridized carbons (Fsp3) is 0.111. The highest BCUT2D eigenvalue weighted by atomic mass is 19.1. The lowest BCUT2D eigenvalue weighted by Crippen LogP contribution is -2.27. The molecule has 0 bridgehead atoms. The van der Waals surface area contributed by atoms with Crippen molar-refractivity contribution in [3.8, 4) is 0 Å². The van der Waals surface area contributed by atoms with Crippen molar-refractivity contribution in [1.82, 2.24) is 10.3 Å². The van der Waals surface area contributed by atoms with Crippen molar-refractivity contribution in [3.63, 3.8) is 0 Å². The lowest BCUT2D eigenvalue weighted by molar-refractivity contribution is 0.102. The van der Waals surface area contributed by atoms with Crippen LogP contribution in [0.3, 0.4) is 0 Å². The number of nitrogens with zero attached hydrogens (tertiary/aromatic N) is 1. The van der Waals surface area contributed by atoms with Crippen LogP contribution in [0.5, 0.6) is 0 Å². The Balaban J connectivity index is 1.52. The minimum absolute atomic E-state index is 0.128. The molecule has 3 aromatic rings. The molecule has 2 aromatic carbocycles. The van der Waals surface area contributed by atoms with Gasteiger partial charge in [0.2, 0.25) is 0 Å². The van der Waals surface area contributed by atoms with Crippen molar-refractivity contribution >= 4 is 34.2 Å². The molecule has 1 aliphatic rings. The number of halogens is 1. The van der Waals surface area contributed by atoms with Crippen LogP contribution in [0.15, 0.2) is 48.5 Å². The molecule has 1 aliphatic heterocycles. The second kappa shape index (κ2) is 5.94. The van der Waals surface area contributed by atoms with Gasteiger partial charge >= 0.3 is 6.03 Å². The number of H-pyrrole nitrogens is 1. The Kier molecular flexibility index (Phi) is 3.61. The largest absolute Gasteiger partial charge is 0.350 e. The van der Waals surface area contributed by atoms with Gasteiger partial charge in [-0.05, 0) is 42.5 Å². The molecule has 0 saturated carbocycles. The second-order valence-corrected chi connectivity index (χ2v) is 5.77. The summed E-state index contributed by atoms with van der Waals surface area (Å²) in [7, 11) is 0. The zero-order chi connectivity index (χ0) is 17.4. The van der Waals surface area contributed by atoms with Crippen LogP contribution in [-0.4, -0.2) is 30.0 Å². The third-order valence-electron chi connectivity index (χ3n) is 4.15. The number of aromatic nitrogens is 1. The van der Waals surface area contributed by atoms with Gasteiger partial charge in [-0.3, -0.25) is 9.69 Å². The molecular weight excluding hydrogens is 323 g/mol. The number of carbonyl (C=O) groups excluding carboxylic acids is 2. The van der Waals surface area contributed by atoms with Crippen molar-refractivity contribution in [3.05, 3.63) is 60.0 Å². The summed E-state index contributed by atoms with van der Waals surface area (Å²) in [5.41, 5.74) is 2.21. The maximum absolute atomic E-state index is 13.7. The quantitative estimate of drug-likeness (QED) is 0.686. The molecule has 0 aliphatic carbocycles. The summed E-state index contributed by atoms with van der Waals surface area (Å²) in [5, 5.41) is 5.87. The van der Waals surface area contributed by atoms with E-state index in [0.717, 1.165) is 5.69 Å². The summed E-state index contributed by atoms with van der Waals surface area (Å²) in [6.45, 7) is 1.24. The van der Waals surface area contributed by atoms with Crippen LogP contribution in [0.25, 0.3) is 10.9 Å². The molecule has 0 atom stereocenters. The van der Waals surface area contributed by atoms with Gasteiger partial charge in [-0.15, -0.1) is 0 Å². The lowest BCUT2D eigenvalue weighted by atomic mass is 10.2. The Morgan fingerprint density at radius 1 is 1.16 bits per heavy atom. The number of urea groups is 1. The minimum atomic E-state index is -0.374.